The van der Waals surface area contributed by atoms with Crippen LogP contribution in [0.15, 0.2) is 12.4 Å². The summed E-state index contributed by atoms with van der Waals surface area (Å²) >= 11 is 0. The number of hydrogen-bond acceptors (Lipinski definition) is 4. The molecule has 88 valence electrons. The zero-order valence-corrected chi connectivity index (χ0v) is 9.09. The molecule has 0 aliphatic rings. The standard InChI is InChI=1S/C9H15N5O2/c1-2-13(5-8(11)15)9(16)6-14-4-7(10)3-12-14/h3-4H,2,5-6,10H2,1H3,(H2,11,15). The van der Waals surface area contributed by atoms with Gasteiger partial charge in [-0.25, -0.2) is 0 Å². The van der Waals surface area contributed by atoms with Crippen molar-refractivity contribution in [2.24, 2.45) is 5.73 Å². The van der Waals surface area contributed by atoms with Crippen LogP contribution in [0.4, 0.5) is 5.69 Å². The summed E-state index contributed by atoms with van der Waals surface area (Å²) in [5, 5.41) is 3.88. The van der Waals surface area contributed by atoms with Gasteiger partial charge in [0.2, 0.25) is 11.8 Å². The van der Waals surface area contributed by atoms with Gasteiger partial charge in [0.15, 0.2) is 0 Å². The molecular weight excluding hydrogens is 210 g/mol. The Bertz CT molecular complexity index is 387. The number of nitrogens with two attached hydrogens (primary N) is 2. The molecule has 1 rings (SSSR count). The van der Waals surface area contributed by atoms with Gasteiger partial charge < -0.3 is 16.4 Å². The predicted molar refractivity (Wildman–Crippen MR) is 58.1 cm³/mol. The number of likely N-dealkylation sites (N-methyl/N-ethyl adjacent to an activating group) is 1. The number of aromatic nitrogens is 2. The van der Waals surface area contributed by atoms with Crippen LogP contribution in [0.2, 0.25) is 0 Å². The van der Waals surface area contributed by atoms with Gasteiger partial charge in [0, 0.05) is 12.7 Å². The van der Waals surface area contributed by atoms with Crippen LogP contribution in [0.5, 0.6) is 0 Å². The monoisotopic (exact) mass is 225 g/mol. The van der Waals surface area contributed by atoms with Crippen LogP contribution in [0.3, 0.4) is 0 Å². The van der Waals surface area contributed by atoms with Crippen molar-refractivity contribution < 1.29 is 9.59 Å². The van der Waals surface area contributed by atoms with Crippen molar-refractivity contribution in [3.8, 4) is 0 Å². The molecule has 0 fully saturated rings. The Morgan fingerprint density at radius 3 is 2.69 bits per heavy atom. The first-order chi connectivity index (χ1) is 7.52. The minimum atomic E-state index is -0.532. The smallest absolute Gasteiger partial charge is 0.244 e. The van der Waals surface area contributed by atoms with E-state index < -0.39 is 5.91 Å². The van der Waals surface area contributed by atoms with Crippen LogP contribution in [0, 0.1) is 0 Å². The van der Waals surface area contributed by atoms with Gasteiger partial charge in [0.1, 0.15) is 6.54 Å². The molecule has 0 aliphatic carbocycles. The molecule has 0 unspecified atom stereocenters. The van der Waals surface area contributed by atoms with E-state index in [4.69, 9.17) is 11.5 Å². The molecule has 1 aromatic rings. The summed E-state index contributed by atoms with van der Waals surface area (Å²) < 4.78 is 1.42. The molecule has 7 nitrogen and oxygen atoms in total. The fourth-order valence-electron chi connectivity index (χ4n) is 1.27. The number of rotatable bonds is 5. The molecule has 0 saturated heterocycles. The van der Waals surface area contributed by atoms with Crippen molar-refractivity contribution in [2.75, 3.05) is 18.8 Å². The molecule has 0 bridgehead atoms. The highest BCUT2D eigenvalue weighted by molar-refractivity contribution is 5.83. The molecule has 0 spiro atoms. The highest BCUT2D eigenvalue weighted by Crippen LogP contribution is 1.99. The van der Waals surface area contributed by atoms with Crippen molar-refractivity contribution in [3.05, 3.63) is 12.4 Å². The lowest BCUT2D eigenvalue weighted by atomic mass is 10.4. The summed E-state index contributed by atoms with van der Waals surface area (Å²) in [6, 6.07) is 0. The number of carbonyl (C=O) groups excluding carboxylic acids is 2. The second-order valence-electron chi connectivity index (χ2n) is 3.35. The SMILES string of the molecule is CCN(CC(N)=O)C(=O)Cn1cc(N)cn1. The van der Waals surface area contributed by atoms with E-state index in [9.17, 15) is 9.59 Å². The zero-order valence-electron chi connectivity index (χ0n) is 9.09. The number of nitrogens with zero attached hydrogens (tertiary/aromatic N) is 3. The van der Waals surface area contributed by atoms with Crippen molar-refractivity contribution in [2.45, 2.75) is 13.5 Å². The average molecular weight is 225 g/mol. The van der Waals surface area contributed by atoms with Gasteiger partial charge in [-0.15, -0.1) is 0 Å². The number of amides is 2. The van der Waals surface area contributed by atoms with Crippen molar-refractivity contribution in [3.63, 3.8) is 0 Å². The average Bonchev–Trinajstić information content (AvgIpc) is 2.60. The first kappa shape index (κ1) is 12.0. The number of carbonyl (C=O) groups is 2. The maximum absolute atomic E-state index is 11.7. The van der Waals surface area contributed by atoms with Gasteiger partial charge in [-0.2, -0.15) is 5.10 Å². The molecular formula is C9H15N5O2. The van der Waals surface area contributed by atoms with Crippen LogP contribution in [0.25, 0.3) is 0 Å². The second kappa shape index (κ2) is 5.15. The number of nitrogen functional groups attached to an aromatic ring is 1. The van der Waals surface area contributed by atoms with Gasteiger partial charge >= 0.3 is 0 Å². The topological polar surface area (TPSA) is 107 Å². The van der Waals surface area contributed by atoms with Crippen LogP contribution < -0.4 is 11.5 Å². The molecule has 4 N–H and O–H groups in total. The quantitative estimate of drug-likeness (QED) is 0.656. The van der Waals surface area contributed by atoms with E-state index in [-0.39, 0.29) is 19.0 Å². The van der Waals surface area contributed by atoms with E-state index in [0.29, 0.717) is 12.2 Å². The molecule has 0 aliphatic heterocycles. The predicted octanol–water partition coefficient (Wildman–Crippen LogP) is -1.20. The Hall–Kier alpha value is -2.05. The third kappa shape index (κ3) is 3.26. The summed E-state index contributed by atoms with van der Waals surface area (Å²) in [7, 11) is 0. The molecule has 0 atom stereocenters. The minimum absolute atomic E-state index is 0.0539. The second-order valence-corrected chi connectivity index (χ2v) is 3.35. The molecule has 16 heavy (non-hydrogen) atoms. The lowest BCUT2D eigenvalue weighted by Crippen LogP contribution is -2.40. The van der Waals surface area contributed by atoms with Gasteiger partial charge in [-0.1, -0.05) is 0 Å². The van der Waals surface area contributed by atoms with Crippen LogP contribution >= 0.6 is 0 Å². The minimum Gasteiger partial charge on any atom is -0.396 e. The molecule has 0 saturated carbocycles. The Morgan fingerprint density at radius 1 is 1.56 bits per heavy atom. The maximum Gasteiger partial charge on any atom is 0.244 e. The fraction of sp³-hybridized carbons (Fsp3) is 0.444. The first-order valence-corrected chi connectivity index (χ1v) is 4.87. The molecule has 1 aromatic heterocycles. The summed E-state index contributed by atoms with van der Waals surface area (Å²) in [6.45, 7) is 2.18. The van der Waals surface area contributed by atoms with Crippen LogP contribution in [-0.4, -0.2) is 39.6 Å². The molecule has 7 heteroatoms. The van der Waals surface area contributed by atoms with Crippen molar-refractivity contribution in [1.82, 2.24) is 14.7 Å². The highest BCUT2D eigenvalue weighted by Gasteiger charge is 2.14. The van der Waals surface area contributed by atoms with Gasteiger partial charge in [0.25, 0.3) is 0 Å². The number of primary amides is 1. The molecule has 0 radical (unpaired) electrons. The summed E-state index contributed by atoms with van der Waals surface area (Å²) in [5.74, 6) is -0.750. The number of hydrogen-bond donors (Lipinski definition) is 2. The van der Waals surface area contributed by atoms with Crippen LogP contribution in [0.1, 0.15) is 6.92 Å². The van der Waals surface area contributed by atoms with E-state index in [0.717, 1.165) is 0 Å². The lowest BCUT2D eigenvalue weighted by Gasteiger charge is -2.18. The van der Waals surface area contributed by atoms with E-state index in [1.54, 1.807) is 13.1 Å². The van der Waals surface area contributed by atoms with E-state index >= 15 is 0 Å². The van der Waals surface area contributed by atoms with Gasteiger partial charge in [-0.3, -0.25) is 14.3 Å². The third-order valence-corrected chi connectivity index (χ3v) is 2.03. The van der Waals surface area contributed by atoms with E-state index in [1.165, 1.54) is 15.8 Å². The lowest BCUT2D eigenvalue weighted by molar-refractivity contribution is -0.135. The highest BCUT2D eigenvalue weighted by atomic mass is 16.2. The summed E-state index contributed by atoms with van der Waals surface area (Å²) in [4.78, 5) is 23.8. The zero-order chi connectivity index (χ0) is 12.1. The van der Waals surface area contributed by atoms with Crippen molar-refractivity contribution in [1.29, 1.82) is 0 Å². The Morgan fingerprint density at radius 2 is 2.25 bits per heavy atom. The first-order valence-electron chi connectivity index (χ1n) is 4.87. The maximum atomic E-state index is 11.7. The normalized spacial score (nSPS) is 10.1. The van der Waals surface area contributed by atoms with Gasteiger partial charge in [0.05, 0.1) is 18.4 Å². The largest absolute Gasteiger partial charge is 0.396 e. The fourth-order valence-corrected chi connectivity index (χ4v) is 1.27. The molecule has 2 amide bonds. The van der Waals surface area contributed by atoms with E-state index in [2.05, 4.69) is 5.10 Å². The van der Waals surface area contributed by atoms with Gasteiger partial charge in [-0.05, 0) is 6.92 Å². The summed E-state index contributed by atoms with van der Waals surface area (Å²) in [6.07, 6.45) is 3.01. The summed E-state index contributed by atoms with van der Waals surface area (Å²) in [5.41, 5.74) is 11.0. The molecule has 1 heterocycles. The van der Waals surface area contributed by atoms with Crippen LogP contribution in [-0.2, 0) is 16.1 Å². The Balaban J connectivity index is 2.59. The molecule has 0 aromatic carbocycles. The Kier molecular flexibility index (Phi) is 3.87. The Labute approximate surface area is 93.0 Å². The van der Waals surface area contributed by atoms with Crippen molar-refractivity contribution >= 4 is 17.5 Å². The van der Waals surface area contributed by atoms with E-state index in [1.807, 2.05) is 0 Å². The number of anilines is 1. The third-order valence-electron chi connectivity index (χ3n) is 2.03.